The summed E-state index contributed by atoms with van der Waals surface area (Å²) in [5, 5.41) is 0. The SMILES string of the molecule is CC(=O)c1ccc(S(=O)(=O)N2CCN(C(=O)CN3CCOC4CCCCC43)CC2)cc1. The lowest BCUT2D eigenvalue weighted by Crippen LogP contribution is -2.57. The molecule has 1 aliphatic carbocycles. The van der Waals surface area contributed by atoms with Crippen LogP contribution in [0.15, 0.2) is 29.2 Å². The fraction of sp³-hybridized carbons (Fsp3) is 0.636. The quantitative estimate of drug-likeness (QED) is 0.631. The highest BCUT2D eigenvalue weighted by atomic mass is 32.2. The van der Waals surface area contributed by atoms with Gasteiger partial charge in [0.15, 0.2) is 5.78 Å². The molecule has 2 unspecified atom stereocenters. The summed E-state index contributed by atoms with van der Waals surface area (Å²) < 4.78 is 33.2. The monoisotopic (exact) mass is 449 g/mol. The summed E-state index contributed by atoms with van der Waals surface area (Å²) in [5.74, 6) is -0.0371. The van der Waals surface area contributed by atoms with E-state index in [1.807, 2.05) is 0 Å². The number of hydrogen-bond donors (Lipinski definition) is 0. The normalized spacial score (nSPS) is 25.8. The van der Waals surface area contributed by atoms with Gasteiger partial charge in [-0.2, -0.15) is 4.31 Å². The predicted octanol–water partition coefficient (Wildman–Crippen LogP) is 1.37. The van der Waals surface area contributed by atoms with Gasteiger partial charge >= 0.3 is 0 Å². The number of ketones is 1. The maximum absolute atomic E-state index is 12.9. The second-order valence-electron chi connectivity index (χ2n) is 8.60. The number of ether oxygens (including phenoxy) is 1. The minimum atomic E-state index is -3.64. The number of nitrogens with zero attached hydrogens (tertiary/aromatic N) is 3. The van der Waals surface area contributed by atoms with Crippen LogP contribution in [0.25, 0.3) is 0 Å². The number of morpholine rings is 1. The zero-order valence-corrected chi connectivity index (χ0v) is 18.8. The fourth-order valence-corrected chi connectivity index (χ4v) is 6.26. The largest absolute Gasteiger partial charge is 0.375 e. The second kappa shape index (κ2) is 9.36. The summed E-state index contributed by atoms with van der Waals surface area (Å²) in [7, 11) is -3.64. The minimum absolute atomic E-state index is 0.0640. The number of Topliss-reactive ketones (excluding diaryl/α,β-unsaturated/α-hetero) is 1. The molecule has 0 aromatic heterocycles. The lowest BCUT2D eigenvalue weighted by atomic mass is 9.90. The molecule has 0 bridgehead atoms. The van der Waals surface area contributed by atoms with Crippen molar-refractivity contribution in [1.82, 2.24) is 14.1 Å². The number of carbonyl (C=O) groups is 2. The van der Waals surface area contributed by atoms with Gasteiger partial charge in [-0.1, -0.05) is 25.0 Å². The summed E-state index contributed by atoms with van der Waals surface area (Å²) in [5.41, 5.74) is 0.484. The summed E-state index contributed by atoms with van der Waals surface area (Å²) in [6, 6.07) is 6.35. The molecular formula is C22H31N3O5S. The third kappa shape index (κ3) is 4.84. The van der Waals surface area contributed by atoms with Crippen LogP contribution < -0.4 is 0 Å². The van der Waals surface area contributed by atoms with Gasteiger partial charge in [-0.15, -0.1) is 0 Å². The maximum Gasteiger partial charge on any atom is 0.243 e. The molecule has 9 heteroatoms. The molecular weight excluding hydrogens is 418 g/mol. The average molecular weight is 450 g/mol. The Kier molecular flexibility index (Phi) is 6.76. The Morgan fingerprint density at radius 3 is 2.35 bits per heavy atom. The first-order valence-corrected chi connectivity index (χ1v) is 12.5. The molecule has 3 aliphatic rings. The molecule has 2 heterocycles. The van der Waals surface area contributed by atoms with Gasteiger partial charge in [0.1, 0.15) is 0 Å². The molecule has 0 N–H and O–H groups in total. The predicted molar refractivity (Wildman–Crippen MR) is 115 cm³/mol. The Morgan fingerprint density at radius 2 is 1.68 bits per heavy atom. The molecule has 1 aromatic rings. The molecule has 8 nitrogen and oxygen atoms in total. The van der Waals surface area contributed by atoms with E-state index in [9.17, 15) is 18.0 Å². The highest BCUT2D eigenvalue weighted by Crippen LogP contribution is 2.28. The van der Waals surface area contributed by atoms with Crippen molar-refractivity contribution in [2.45, 2.75) is 49.6 Å². The topological polar surface area (TPSA) is 87.2 Å². The van der Waals surface area contributed by atoms with Gasteiger partial charge in [-0.3, -0.25) is 14.5 Å². The third-order valence-electron chi connectivity index (χ3n) is 6.68. The van der Waals surface area contributed by atoms with E-state index in [-0.39, 0.29) is 35.8 Å². The number of fused-ring (bicyclic) bond motifs is 1. The van der Waals surface area contributed by atoms with Crippen molar-refractivity contribution in [2.75, 3.05) is 45.9 Å². The Labute approximate surface area is 184 Å². The first kappa shape index (κ1) is 22.4. The van der Waals surface area contributed by atoms with E-state index in [0.717, 1.165) is 19.4 Å². The molecule has 0 radical (unpaired) electrons. The number of piperazine rings is 1. The molecule has 1 saturated carbocycles. The van der Waals surface area contributed by atoms with Gasteiger partial charge in [-0.05, 0) is 31.9 Å². The number of rotatable bonds is 5. The van der Waals surface area contributed by atoms with Crippen molar-refractivity contribution in [3.63, 3.8) is 0 Å². The van der Waals surface area contributed by atoms with Crippen LogP contribution in [0.3, 0.4) is 0 Å². The molecule has 1 aromatic carbocycles. The van der Waals surface area contributed by atoms with Gasteiger partial charge in [0.25, 0.3) is 0 Å². The average Bonchev–Trinajstić information content (AvgIpc) is 2.79. The Balaban J connectivity index is 1.33. The number of carbonyl (C=O) groups excluding carboxylic acids is 2. The lowest BCUT2D eigenvalue weighted by Gasteiger charge is -2.44. The molecule has 2 atom stereocenters. The van der Waals surface area contributed by atoms with Crippen molar-refractivity contribution in [2.24, 2.45) is 0 Å². The van der Waals surface area contributed by atoms with Crippen LogP contribution in [0.5, 0.6) is 0 Å². The Hall–Kier alpha value is -1.81. The smallest absolute Gasteiger partial charge is 0.243 e. The van der Waals surface area contributed by atoms with Crippen molar-refractivity contribution in [1.29, 1.82) is 0 Å². The van der Waals surface area contributed by atoms with Crippen LogP contribution in [0, 0.1) is 0 Å². The minimum Gasteiger partial charge on any atom is -0.375 e. The van der Waals surface area contributed by atoms with E-state index in [2.05, 4.69) is 4.90 Å². The highest BCUT2D eigenvalue weighted by molar-refractivity contribution is 7.89. The van der Waals surface area contributed by atoms with Crippen LogP contribution in [0.4, 0.5) is 0 Å². The molecule has 2 aliphatic heterocycles. The van der Waals surface area contributed by atoms with E-state index in [1.54, 1.807) is 4.90 Å². The Bertz CT molecular complexity index is 908. The van der Waals surface area contributed by atoms with E-state index in [1.165, 1.54) is 48.3 Å². The first-order valence-electron chi connectivity index (χ1n) is 11.1. The molecule has 2 saturated heterocycles. The molecule has 0 spiro atoms. The first-order chi connectivity index (χ1) is 14.9. The van der Waals surface area contributed by atoms with Crippen LogP contribution in [0.1, 0.15) is 43.0 Å². The van der Waals surface area contributed by atoms with E-state index < -0.39 is 10.0 Å². The van der Waals surface area contributed by atoms with Crippen molar-refractivity contribution in [3.05, 3.63) is 29.8 Å². The second-order valence-corrected chi connectivity index (χ2v) is 10.5. The summed E-state index contributed by atoms with van der Waals surface area (Å²) >= 11 is 0. The van der Waals surface area contributed by atoms with Gasteiger partial charge in [0.2, 0.25) is 15.9 Å². The zero-order valence-electron chi connectivity index (χ0n) is 18.0. The lowest BCUT2D eigenvalue weighted by molar-refractivity contribution is -0.140. The van der Waals surface area contributed by atoms with Crippen LogP contribution in [0.2, 0.25) is 0 Å². The third-order valence-corrected chi connectivity index (χ3v) is 8.59. The van der Waals surface area contributed by atoms with Crippen LogP contribution in [-0.2, 0) is 19.6 Å². The number of hydrogen-bond acceptors (Lipinski definition) is 6. The summed E-state index contributed by atoms with van der Waals surface area (Å²) in [4.78, 5) is 28.5. The van der Waals surface area contributed by atoms with Crippen molar-refractivity contribution in [3.8, 4) is 0 Å². The number of benzene rings is 1. The van der Waals surface area contributed by atoms with Gasteiger partial charge < -0.3 is 9.64 Å². The molecule has 4 rings (SSSR count). The molecule has 31 heavy (non-hydrogen) atoms. The molecule has 170 valence electrons. The van der Waals surface area contributed by atoms with Crippen molar-refractivity contribution >= 4 is 21.7 Å². The van der Waals surface area contributed by atoms with E-state index in [0.29, 0.717) is 37.8 Å². The number of sulfonamides is 1. The van der Waals surface area contributed by atoms with Crippen molar-refractivity contribution < 1.29 is 22.7 Å². The zero-order chi connectivity index (χ0) is 22.0. The van der Waals surface area contributed by atoms with Crippen LogP contribution >= 0.6 is 0 Å². The molecule has 1 amide bonds. The van der Waals surface area contributed by atoms with Gasteiger partial charge in [-0.25, -0.2) is 8.42 Å². The van der Waals surface area contributed by atoms with Crippen LogP contribution in [-0.4, -0.2) is 92.2 Å². The maximum atomic E-state index is 12.9. The standard InChI is InChI=1S/C22H31N3O5S/c1-17(26)18-6-8-19(9-7-18)31(28,29)25-12-10-23(11-13-25)22(27)16-24-14-15-30-21-5-3-2-4-20(21)24/h6-9,20-21H,2-5,10-16H2,1H3. The van der Waals surface area contributed by atoms with Gasteiger partial charge in [0.05, 0.1) is 24.2 Å². The Morgan fingerprint density at radius 1 is 1.00 bits per heavy atom. The summed E-state index contributed by atoms with van der Waals surface area (Å²) in [6.45, 7) is 4.61. The van der Waals surface area contributed by atoms with E-state index in [4.69, 9.17) is 4.74 Å². The van der Waals surface area contributed by atoms with Gasteiger partial charge in [0, 0.05) is 44.3 Å². The number of amides is 1. The molecule has 3 fully saturated rings. The summed E-state index contributed by atoms with van der Waals surface area (Å²) in [6.07, 6.45) is 4.76. The highest BCUT2D eigenvalue weighted by Gasteiger charge is 2.36. The fourth-order valence-electron chi connectivity index (χ4n) is 4.84. The van der Waals surface area contributed by atoms with E-state index >= 15 is 0 Å².